The van der Waals surface area contributed by atoms with Crippen LogP contribution in [-0.4, -0.2) is 37.2 Å². The van der Waals surface area contributed by atoms with Crippen molar-refractivity contribution in [3.63, 3.8) is 0 Å². The van der Waals surface area contributed by atoms with Crippen molar-refractivity contribution in [3.05, 3.63) is 12.2 Å². The maximum absolute atomic E-state index is 11.6. The van der Waals surface area contributed by atoms with Gasteiger partial charge in [0, 0.05) is 18.3 Å². The van der Waals surface area contributed by atoms with Gasteiger partial charge in [-0.05, 0) is 33.0 Å². The number of rotatable bonds is 8. The summed E-state index contributed by atoms with van der Waals surface area (Å²) in [4.78, 5) is 11.6. The van der Waals surface area contributed by atoms with Crippen molar-refractivity contribution >= 4 is 14.3 Å². The van der Waals surface area contributed by atoms with Crippen molar-refractivity contribution in [2.75, 3.05) is 0 Å². The minimum absolute atomic E-state index is 0.0152. The molecule has 0 spiro atoms. The molecule has 1 N–H and O–H groups in total. The summed E-state index contributed by atoms with van der Waals surface area (Å²) in [6.07, 6.45) is 9.47. The van der Waals surface area contributed by atoms with Gasteiger partial charge in [0.05, 0.1) is 18.1 Å². The lowest BCUT2D eigenvalue weighted by atomic mass is 9.89. The first-order chi connectivity index (χ1) is 11.1. The smallest absolute Gasteiger partial charge is 0.306 e. The summed E-state index contributed by atoms with van der Waals surface area (Å²) in [5, 5.41) is 10.6. The first-order valence-electron chi connectivity index (χ1n) is 9.40. The number of esters is 1. The van der Waals surface area contributed by atoms with Gasteiger partial charge in [-0.15, -0.1) is 0 Å². The van der Waals surface area contributed by atoms with E-state index in [0.29, 0.717) is 6.42 Å². The van der Waals surface area contributed by atoms with Crippen molar-refractivity contribution in [3.8, 4) is 0 Å². The van der Waals surface area contributed by atoms with E-state index in [1.54, 1.807) is 0 Å². The zero-order chi connectivity index (χ0) is 18.0. The second kappa shape index (κ2) is 7.71. The highest BCUT2D eigenvalue weighted by atomic mass is 28.4. The summed E-state index contributed by atoms with van der Waals surface area (Å²) in [6.45, 7) is 10.6. The van der Waals surface area contributed by atoms with E-state index in [1.807, 2.05) is 13.0 Å². The van der Waals surface area contributed by atoms with Gasteiger partial charge in [-0.2, -0.15) is 0 Å². The van der Waals surface area contributed by atoms with Gasteiger partial charge in [0.2, 0.25) is 0 Å². The number of fused-ring (bicyclic) bond motifs is 1. The van der Waals surface area contributed by atoms with Gasteiger partial charge in [-0.25, -0.2) is 0 Å². The monoisotopic (exact) mass is 354 g/mol. The second-order valence-corrected chi connectivity index (χ2v) is 13.1. The molecule has 0 bridgehead atoms. The van der Waals surface area contributed by atoms with Crippen LogP contribution in [0.3, 0.4) is 0 Å². The van der Waals surface area contributed by atoms with Gasteiger partial charge >= 0.3 is 5.97 Å². The summed E-state index contributed by atoms with van der Waals surface area (Å²) < 4.78 is 11.8. The fraction of sp³-hybridized carbons (Fsp3) is 0.842. The van der Waals surface area contributed by atoms with Gasteiger partial charge in [0.25, 0.3) is 0 Å². The van der Waals surface area contributed by atoms with Crippen LogP contribution in [0.2, 0.25) is 19.6 Å². The first-order valence-corrected chi connectivity index (χ1v) is 12.8. The van der Waals surface area contributed by atoms with Crippen molar-refractivity contribution in [2.24, 2.45) is 11.8 Å². The van der Waals surface area contributed by atoms with E-state index in [-0.39, 0.29) is 30.0 Å². The molecule has 1 saturated heterocycles. The number of aliphatic hydroxyl groups is 1. The molecule has 0 aromatic rings. The lowest BCUT2D eigenvalue weighted by Gasteiger charge is -2.28. The van der Waals surface area contributed by atoms with E-state index in [9.17, 15) is 9.90 Å². The maximum atomic E-state index is 11.6. The molecule has 0 radical (unpaired) electrons. The van der Waals surface area contributed by atoms with Crippen molar-refractivity contribution in [2.45, 2.75) is 89.8 Å². The van der Waals surface area contributed by atoms with Crippen LogP contribution in [0.5, 0.6) is 0 Å². The molecule has 2 unspecified atom stereocenters. The molecule has 0 amide bonds. The van der Waals surface area contributed by atoms with E-state index in [0.717, 1.165) is 32.1 Å². The third-order valence-corrected chi connectivity index (χ3v) is 6.03. The molecule has 1 heterocycles. The zero-order valence-corrected chi connectivity index (χ0v) is 16.9. The van der Waals surface area contributed by atoms with Crippen molar-refractivity contribution < 1.29 is 19.1 Å². The average molecular weight is 355 g/mol. The van der Waals surface area contributed by atoms with Crippen LogP contribution in [0.1, 0.15) is 52.4 Å². The third kappa shape index (κ3) is 5.43. The Morgan fingerprint density at radius 3 is 2.71 bits per heavy atom. The number of carbonyl (C=O) groups is 1. The molecule has 2 aliphatic rings. The van der Waals surface area contributed by atoms with Gasteiger partial charge in [0.15, 0.2) is 8.32 Å². The van der Waals surface area contributed by atoms with Gasteiger partial charge < -0.3 is 14.3 Å². The van der Waals surface area contributed by atoms with Crippen LogP contribution in [0.25, 0.3) is 0 Å². The number of unbranched alkanes of at least 4 members (excludes halogenated alkanes) is 2. The molecule has 1 aliphatic heterocycles. The predicted molar refractivity (Wildman–Crippen MR) is 98.2 cm³/mol. The van der Waals surface area contributed by atoms with E-state index in [4.69, 9.17) is 9.16 Å². The maximum Gasteiger partial charge on any atom is 0.306 e. The van der Waals surface area contributed by atoms with Crippen LogP contribution in [0, 0.1) is 11.8 Å². The number of hydrogen-bond donors (Lipinski definition) is 1. The quantitative estimate of drug-likeness (QED) is 0.309. The van der Waals surface area contributed by atoms with Gasteiger partial charge in [-0.1, -0.05) is 38.3 Å². The molecule has 1 aliphatic carbocycles. The Hall–Kier alpha value is -0.653. The lowest BCUT2D eigenvalue weighted by Crippen LogP contribution is -2.35. The van der Waals surface area contributed by atoms with E-state index < -0.39 is 13.9 Å². The van der Waals surface area contributed by atoms with E-state index in [2.05, 4.69) is 32.6 Å². The fourth-order valence-corrected chi connectivity index (χ4v) is 5.04. The molecule has 0 aromatic heterocycles. The molecule has 2 rings (SSSR count). The lowest BCUT2D eigenvalue weighted by molar-refractivity contribution is -0.141. The van der Waals surface area contributed by atoms with E-state index >= 15 is 0 Å². The zero-order valence-electron chi connectivity index (χ0n) is 15.9. The highest BCUT2D eigenvalue weighted by Gasteiger charge is 2.50. The Morgan fingerprint density at radius 1 is 1.38 bits per heavy atom. The summed E-state index contributed by atoms with van der Waals surface area (Å²) in [7, 11) is -1.67. The van der Waals surface area contributed by atoms with Crippen LogP contribution in [0.4, 0.5) is 0 Å². The molecule has 0 aromatic carbocycles. The van der Waals surface area contributed by atoms with Crippen molar-refractivity contribution in [1.82, 2.24) is 0 Å². The SMILES string of the molecule is CCCCCC(C)(O)C=C[C@@H]1C2CC(=O)O[C@H]2C[C@H]1O[Si](C)(C)C. The molecular weight excluding hydrogens is 320 g/mol. The molecule has 24 heavy (non-hydrogen) atoms. The predicted octanol–water partition coefficient (Wildman–Crippen LogP) is 4.05. The number of carbonyl (C=O) groups excluding carboxylic acids is 1. The topological polar surface area (TPSA) is 55.8 Å². The Kier molecular flexibility index (Phi) is 6.32. The first kappa shape index (κ1) is 19.7. The molecule has 138 valence electrons. The minimum atomic E-state index is -1.67. The number of ether oxygens (including phenoxy) is 1. The van der Waals surface area contributed by atoms with Crippen molar-refractivity contribution in [1.29, 1.82) is 0 Å². The fourth-order valence-electron chi connectivity index (χ4n) is 3.88. The third-order valence-electron chi connectivity index (χ3n) is 5.02. The van der Waals surface area contributed by atoms with Crippen LogP contribution in [-0.2, 0) is 14.0 Å². The molecule has 2 fully saturated rings. The molecular formula is C19H34O4Si. The van der Waals surface area contributed by atoms with Gasteiger partial charge in [-0.3, -0.25) is 4.79 Å². The highest BCUT2D eigenvalue weighted by Crippen LogP contribution is 2.44. The normalized spacial score (nSPS) is 32.8. The summed E-state index contributed by atoms with van der Waals surface area (Å²) in [5.74, 6) is 0.261. The number of hydrogen-bond acceptors (Lipinski definition) is 4. The molecule has 5 heteroatoms. The van der Waals surface area contributed by atoms with Crippen LogP contribution >= 0.6 is 0 Å². The molecule has 5 atom stereocenters. The Labute approximate surface area is 147 Å². The molecule has 1 saturated carbocycles. The standard InChI is InChI=1S/C19H34O4Si/c1-6-7-8-10-19(2,21)11-9-14-15-12-18(20)22-16(15)13-17(14)23-24(3,4)5/h9,11,14-17,21H,6-8,10,12-13H2,1-5H3/t14-,15?,16+,17-,19?/m1/s1. The Balaban J connectivity index is 2.07. The summed E-state index contributed by atoms with van der Waals surface area (Å²) in [5.41, 5.74) is -0.791. The summed E-state index contributed by atoms with van der Waals surface area (Å²) >= 11 is 0. The second-order valence-electron chi connectivity index (χ2n) is 8.65. The van der Waals surface area contributed by atoms with Crippen LogP contribution in [0.15, 0.2) is 12.2 Å². The largest absolute Gasteiger partial charge is 0.462 e. The Morgan fingerprint density at radius 2 is 2.08 bits per heavy atom. The average Bonchev–Trinajstić information content (AvgIpc) is 2.90. The van der Waals surface area contributed by atoms with Gasteiger partial charge in [0.1, 0.15) is 6.10 Å². The van der Waals surface area contributed by atoms with Crippen LogP contribution < -0.4 is 0 Å². The molecule has 4 nitrogen and oxygen atoms in total. The minimum Gasteiger partial charge on any atom is -0.462 e. The highest BCUT2D eigenvalue weighted by molar-refractivity contribution is 6.69. The Bertz CT molecular complexity index is 466. The van der Waals surface area contributed by atoms with E-state index in [1.165, 1.54) is 0 Å². The summed E-state index contributed by atoms with van der Waals surface area (Å²) in [6, 6.07) is 0.